The lowest BCUT2D eigenvalue weighted by Crippen LogP contribution is -2.30. The fourth-order valence-electron chi connectivity index (χ4n) is 1.86. The number of benzene rings is 1. The molecule has 3 nitrogen and oxygen atoms in total. The fraction of sp³-hybridized carbons (Fsp3) is 0.154. The molecule has 1 heterocycles. The highest BCUT2D eigenvalue weighted by Crippen LogP contribution is 2.23. The van der Waals surface area contributed by atoms with E-state index in [0.717, 1.165) is 18.3 Å². The molecule has 1 aromatic heterocycles. The second-order valence-electron chi connectivity index (χ2n) is 4.02. The minimum absolute atomic E-state index is 0.101. The van der Waals surface area contributed by atoms with Gasteiger partial charge in [0.25, 0.3) is 0 Å². The molecule has 3 N–H and O–H groups in total. The van der Waals surface area contributed by atoms with Crippen LogP contribution in [0.2, 0.25) is 0 Å². The first-order valence-electron chi connectivity index (χ1n) is 5.62. The van der Waals surface area contributed by atoms with Crippen LogP contribution in [0.3, 0.4) is 0 Å². The van der Waals surface area contributed by atoms with Crippen molar-refractivity contribution in [3.8, 4) is 0 Å². The van der Waals surface area contributed by atoms with E-state index in [1.807, 2.05) is 0 Å². The molecule has 0 spiro atoms. The van der Waals surface area contributed by atoms with E-state index in [0.29, 0.717) is 0 Å². The van der Waals surface area contributed by atoms with Crippen molar-refractivity contribution in [1.29, 1.82) is 0 Å². The topological polar surface area (TPSA) is 50.9 Å². The van der Waals surface area contributed by atoms with Crippen LogP contribution in [0.1, 0.15) is 17.2 Å². The first-order valence-corrected chi connectivity index (χ1v) is 5.62. The fourth-order valence-corrected chi connectivity index (χ4v) is 1.86. The Hall–Kier alpha value is -1.92. The van der Waals surface area contributed by atoms with Crippen LogP contribution >= 0.6 is 0 Å². The van der Waals surface area contributed by atoms with E-state index in [9.17, 15) is 13.2 Å². The maximum absolute atomic E-state index is 13.6. The average Bonchev–Trinajstić information content (AvgIpc) is 2.40. The van der Waals surface area contributed by atoms with E-state index in [1.54, 1.807) is 0 Å². The van der Waals surface area contributed by atoms with Crippen molar-refractivity contribution in [3.05, 3.63) is 65.2 Å². The third-order valence-electron chi connectivity index (χ3n) is 2.85. The summed E-state index contributed by atoms with van der Waals surface area (Å²) < 4.78 is 40.7. The van der Waals surface area contributed by atoms with Gasteiger partial charge in [0.15, 0.2) is 0 Å². The zero-order valence-electron chi connectivity index (χ0n) is 9.91. The van der Waals surface area contributed by atoms with Gasteiger partial charge >= 0.3 is 0 Å². The molecule has 2 rings (SSSR count). The number of hydrogen-bond acceptors (Lipinski definition) is 3. The number of pyridine rings is 1. The van der Waals surface area contributed by atoms with E-state index in [1.165, 1.54) is 18.3 Å². The van der Waals surface area contributed by atoms with Crippen molar-refractivity contribution >= 4 is 0 Å². The van der Waals surface area contributed by atoms with Gasteiger partial charge in [-0.25, -0.2) is 13.2 Å². The van der Waals surface area contributed by atoms with Gasteiger partial charge in [-0.2, -0.15) is 0 Å². The first-order chi connectivity index (χ1) is 9.13. The Bertz CT molecular complexity index is 555. The summed E-state index contributed by atoms with van der Waals surface area (Å²) in [5.41, 5.74) is 2.43. The third kappa shape index (κ3) is 2.91. The summed E-state index contributed by atoms with van der Waals surface area (Å²) in [4.78, 5) is 3.61. The second-order valence-corrected chi connectivity index (χ2v) is 4.02. The van der Waals surface area contributed by atoms with Crippen LogP contribution in [0.25, 0.3) is 0 Å². The Morgan fingerprint density at radius 1 is 1.11 bits per heavy atom. The lowest BCUT2D eigenvalue weighted by Gasteiger charge is -2.17. The molecule has 0 radical (unpaired) electrons. The largest absolute Gasteiger partial charge is 0.271 e. The Kier molecular flexibility index (Phi) is 4.13. The van der Waals surface area contributed by atoms with Gasteiger partial charge in [0.05, 0.1) is 12.2 Å². The summed E-state index contributed by atoms with van der Waals surface area (Å²) in [6.45, 7) is 0. The highest BCUT2D eigenvalue weighted by Gasteiger charge is 2.19. The predicted molar refractivity (Wildman–Crippen MR) is 64.3 cm³/mol. The number of rotatable bonds is 4. The quantitative estimate of drug-likeness (QED) is 0.660. The highest BCUT2D eigenvalue weighted by molar-refractivity contribution is 5.25. The van der Waals surface area contributed by atoms with Crippen molar-refractivity contribution in [3.63, 3.8) is 0 Å². The molecule has 0 aliphatic rings. The maximum atomic E-state index is 13.6. The lowest BCUT2D eigenvalue weighted by molar-refractivity contribution is 0.479. The van der Waals surface area contributed by atoms with Crippen LogP contribution in [-0.2, 0) is 6.42 Å². The molecule has 19 heavy (non-hydrogen) atoms. The van der Waals surface area contributed by atoms with Crippen LogP contribution in [-0.4, -0.2) is 4.98 Å². The van der Waals surface area contributed by atoms with Crippen molar-refractivity contribution in [2.24, 2.45) is 5.84 Å². The van der Waals surface area contributed by atoms with Gasteiger partial charge in [-0.1, -0.05) is 6.07 Å². The number of nitrogens with zero attached hydrogens (tertiary/aromatic N) is 1. The normalized spacial score (nSPS) is 12.4. The molecule has 0 aliphatic carbocycles. The van der Waals surface area contributed by atoms with Gasteiger partial charge in [-0.15, -0.1) is 0 Å². The summed E-state index contributed by atoms with van der Waals surface area (Å²) in [7, 11) is 0. The molecule has 1 aromatic carbocycles. The van der Waals surface area contributed by atoms with Gasteiger partial charge in [-0.05, 0) is 24.6 Å². The molecule has 2 aromatic rings. The zero-order chi connectivity index (χ0) is 13.8. The van der Waals surface area contributed by atoms with Crippen molar-refractivity contribution in [2.75, 3.05) is 0 Å². The third-order valence-corrected chi connectivity index (χ3v) is 2.85. The smallest absolute Gasteiger partial charge is 0.146 e. The molecule has 0 aliphatic heterocycles. The summed E-state index contributed by atoms with van der Waals surface area (Å²) in [6, 6.07) is 4.24. The average molecular weight is 267 g/mol. The number of hydrogen-bond donors (Lipinski definition) is 2. The van der Waals surface area contributed by atoms with Crippen LogP contribution in [0.5, 0.6) is 0 Å². The lowest BCUT2D eigenvalue weighted by atomic mass is 9.99. The summed E-state index contributed by atoms with van der Waals surface area (Å²) in [5, 5.41) is 0. The molecule has 1 unspecified atom stereocenters. The Morgan fingerprint density at radius 2 is 1.79 bits per heavy atom. The van der Waals surface area contributed by atoms with Crippen molar-refractivity contribution in [2.45, 2.75) is 12.5 Å². The first kappa shape index (κ1) is 13.5. The van der Waals surface area contributed by atoms with E-state index >= 15 is 0 Å². The SMILES string of the molecule is NNC(Cc1c(F)cccc1F)c1ccncc1F. The highest BCUT2D eigenvalue weighted by atomic mass is 19.1. The van der Waals surface area contributed by atoms with Gasteiger partial charge in [-0.3, -0.25) is 16.3 Å². The van der Waals surface area contributed by atoms with Crippen molar-refractivity contribution in [1.82, 2.24) is 10.4 Å². The van der Waals surface area contributed by atoms with Crippen LogP contribution in [0.4, 0.5) is 13.2 Å². The Morgan fingerprint density at radius 3 is 2.37 bits per heavy atom. The molecule has 0 saturated heterocycles. The molecule has 0 fully saturated rings. The molecular weight excluding hydrogens is 255 g/mol. The van der Waals surface area contributed by atoms with Gasteiger partial charge < -0.3 is 0 Å². The molecular formula is C13H12F3N3. The number of nitrogens with one attached hydrogen (secondary N) is 1. The van der Waals surface area contributed by atoms with Crippen LogP contribution in [0.15, 0.2) is 36.7 Å². The monoisotopic (exact) mass is 267 g/mol. The van der Waals surface area contributed by atoms with E-state index < -0.39 is 23.5 Å². The minimum Gasteiger partial charge on any atom is -0.271 e. The zero-order valence-corrected chi connectivity index (χ0v) is 9.91. The summed E-state index contributed by atoms with van der Waals surface area (Å²) in [5.74, 6) is 3.39. The minimum atomic E-state index is -0.741. The van der Waals surface area contributed by atoms with E-state index in [2.05, 4.69) is 10.4 Å². The van der Waals surface area contributed by atoms with Crippen LogP contribution < -0.4 is 11.3 Å². The number of halogens is 3. The van der Waals surface area contributed by atoms with Crippen molar-refractivity contribution < 1.29 is 13.2 Å². The number of nitrogens with two attached hydrogens (primary N) is 1. The van der Waals surface area contributed by atoms with Gasteiger partial charge in [0.1, 0.15) is 17.5 Å². The summed E-state index contributed by atoms with van der Waals surface area (Å²) in [6.07, 6.45) is 2.31. The Labute approximate surface area is 108 Å². The number of aromatic nitrogens is 1. The molecule has 1 atom stereocenters. The van der Waals surface area contributed by atoms with Gasteiger partial charge in [0, 0.05) is 17.3 Å². The molecule has 6 heteroatoms. The van der Waals surface area contributed by atoms with Crippen LogP contribution in [0, 0.1) is 17.5 Å². The summed E-state index contributed by atoms with van der Waals surface area (Å²) >= 11 is 0. The molecule has 0 amide bonds. The molecule has 0 saturated carbocycles. The van der Waals surface area contributed by atoms with E-state index in [4.69, 9.17) is 5.84 Å². The van der Waals surface area contributed by atoms with Gasteiger partial charge in [0.2, 0.25) is 0 Å². The predicted octanol–water partition coefficient (Wildman–Crippen LogP) is 2.25. The Balaban J connectivity index is 2.32. The maximum Gasteiger partial charge on any atom is 0.146 e. The van der Waals surface area contributed by atoms with E-state index in [-0.39, 0.29) is 17.5 Å². The number of hydrazine groups is 1. The standard InChI is InChI=1S/C13H12F3N3/c14-10-2-1-3-11(15)9(10)6-13(19-17)8-4-5-18-7-12(8)16/h1-5,7,13,19H,6,17H2. The molecule has 100 valence electrons. The molecule has 0 bridgehead atoms. The second kappa shape index (κ2) is 5.81.